The summed E-state index contributed by atoms with van der Waals surface area (Å²) in [5.41, 5.74) is 1.11. The van der Waals surface area contributed by atoms with E-state index in [9.17, 15) is 83.1 Å². The van der Waals surface area contributed by atoms with Crippen molar-refractivity contribution in [1.29, 1.82) is 0 Å². The van der Waals surface area contributed by atoms with Crippen molar-refractivity contribution in [2.75, 3.05) is 26.2 Å². The van der Waals surface area contributed by atoms with Crippen molar-refractivity contribution in [3.8, 4) is 11.4 Å². The number of halogens is 1. The van der Waals surface area contributed by atoms with E-state index >= 15 is 4.39 Å². The molecule has 460 valence electrons. The van der Waals surface area contributed by atoms with Crippen molar-refractivity contribution in [2.45, 2.75) is 126 Å². The molecule has 1 saturated heterocycles. The third-order valence-corrected chi connectivity index (χ3v) is 15.9. The summed E-state index contributed by atoms with van der Waals surface area (Å²) in [4.78, 5) is 162. The number of amides is 9. The van der Waals surface area contributed by atoms with Gasteiger partial charge in [-0.05, 0) is 67.3 Å². The van der Waals surface area contributed by atoms with Crippen LogP contribution in [-0.2, 0) is 93.8 Å². The van der Waals surface area contributed by atoms with E-state index in [0.717, 1.165) is 12.2 Å². The van der Waals surface area contributed by atoms with Crippen molar-refractivity contribution in [1.82, 2.24) is 51.7 Å². The molecule has 2 aromatic heterocycles. The number of carbonyl (C=O) groups excluding carboxylic acids is 10. The number of benzene rings is 2. The molecule has 9 rings (SSSR count). The van der Waals surface area contributed by atoms with Crippen molar-refractivity contribution < 1.29 is 92.1 Å². The third kappa shape index (κ3) is 12.9. The first-order chi connectivity index (χ1) is 41.4. The number of cyclic esters (lactones) is 1. The quantitative estimate of drug-likeness (QED) is 0.0234. The Hall–Kier alpha value is -9.36. The molecule has 1 aliphatic carbocycles. The van der Waals surface area contributed by atoms with Gasteiger partial charge in [0.2, 0.25) is 41.4 Å². The summed E-state index contributed by atoms with van der Waals surface area (Å²) in [5.74, 6) is -10.9. The number of imide groups is 1. The van der Waals surface area contributed by atoms with E-state index in [1.165, 1.54) is 16.7 Å². The molecule has 0 radical (unpaired) electrons. The first-order valence-electron chi connectivity index (χ1n) is 27.7. The number of carbonyl (C=O) groups is 11. The molecule has 29 nitrogen and oxygen atoms in total. The molecular formula is C57H61FN10O19. The molecule has 5 aliphatic rings. The second-order valence-corrected chi connectivity index (χ2v) is 21.5. The molecule has 2 aromatic carbocycles. The Balaban J connectivity index is 0.818. The topological polar surface area (TPSA) is 430 Å². The molecule has 0 unspecified atom stereocenters. The van der Waals surface area contributed by atoms with Crippen LogP contribution < -0.4 is 42.8 Å². The summed E-state index contributed by atoms with van der Waals surface area (Å²) in [6.45, 7) is -0.121. The molecule has 1 fully saturated rings. The monoisotopic (exact) mass is 1210 g/mol. The smallest absolute Gasteiger partial charge is 0.343 e. The highest BCUT2D eigenvalue weighted by Gasteiger charge is 2.48. The van der Waals surface area contributed by atoms with Crippen LogP contribution in [0.4, 0.5) is 4.39 Å². The van der Waals surface area contributed by atoms with E-state index in [0.29, 0.717) is 44.5 Å². The van der Waals surface area contributed by atoms with Gasteiger partial charge in [-0.3, -0.25) is 52.8 Å². The van der Waals surface area contributed by atoms with Crippen molar-refractivity contribution in [3.63, 3.8) is 0 Å². The number of aliphatic hydroxyl groups is 4. The van der Waals surface area contributed by atoms with Gasteiger partial charge in [-0.1, -0.05) is 37.3 Å². The number of pyridine rings is 2. The van der Waals surface area contributed by atoms with Crippen LogP contribution in [0.5, 0.6) is 0 Å². The van der Waals surface area contributed by atoms with Gasteiger partial charge in [-0.25, -0.2) is 19.0 Å². The van der Waals surface area contributed by atoms with Crippen LogP contribution in [0.25, 0.3) is 22.3 Å². The van der Waals surface area contributed by atoms with E-state index in [1.807, 2.05) is 0 Å². The fourth-order valence-electron chi connectivity index (χ4n) is 11.2. The zero-order valence-electron chi connectivity index (χ0n) is 46.7. The normalized spacial score (nSPS) is 22.2. The Morgan fingerprint density at radius 2 is 1.46 bits per heavy atom. The minimum atomic E-state index is -2.11. The van der Waals surface area contributed by atoms with Crippen molar-refractivity contribution >= 4 is 76.0 Å². The van der Waals surface area contributed by atoms with E-state index in [4.69, 9.17) is 14.5 Å². The van der Waals surface area contributed by atoms with Crippen LogP contribution in [-0.4, -0.2) is 174 Å². The van der Waals surface area contributed by atoms with Crippen LogP contribution in [0.3, 0.4) is 0 Å². The summed E-state index contributed by atoms with van der Waals surface area (Å²) in [6, 6.07) is 7.69. The van der Waals surface area contributed by atoms with E-state index in [2.05, 4.69) is 37.2 Å². The summed E-state index contributed by atoms with van der Waals surface area (Å²) >= 11 is 0. The molecule has 6 heterocycles. The van der Waals surface area contributed by atoms with Gasteiger partial charge in [0.25, 0.3) is 17.4 Å². The number of nitrogens with zero attached hydrogens (tertiary/aromatic N) is 3. The predicted molar refractivity (Wildman–Crippen MR) is 294 cm³/mol. The molecule has 9 atom stereocenters. The highest BCUT2D eigenvalue weighted by Crippen LogP contribution is 2.46. The Kier molecular flexibility index (Phi) is 18.4. The number of hydrogen-bond donors (Lipinski definition) is 12. The number of carboxylic acid groups (broad SMARTS) is 1. The van der Waals surface area contributed by atoms with Gasteiger partial charge in [-0.15, -0.1) is 0 Å². The molecule has 0 saturated carbocycles. The summed E-state index contributed by atoms with van der Waals surface area (Å²) in [5, 5.41) is 68.8. The van der Waals surface area contributed by atoms with Gasteiger partial charge in [0.15, 0.2) is 17.9 Å². The maximum Gasteiger partial charge on any atom is 0.343 e. The Morgan fingerprint density at radius 3 is 2.15 bits per heavy atom. The minimum Gasteiger partial charge on any atom is -0.479 e. The Bertz CT molecular complexity index is 3620. The molecule has 4 aliphatic heterocycles. The van der Waals surface area contributed by atoms with Gasteiger partial charge >= 0.3 is 11.9 Å². The number of ether oxygens (including phenoxy) is 2. The third-order valence-electron chi connectivity index (χ3n) is 15.9. The highest BCUT2D eigenvalue weighted by molar-refractivity contribution is 6.14. The number of rotatable bonds is 22. The van der Waals surface area contributed by atoms with Gasteiger partial charge in [0.1, 0.15) is 49.4 Å². The van der Waals surface area contributed by atoms with Crippen LogP contribution in [0.15, 0.2) is 59.4 Å². The number of esters is 1. The number of nitrogens with one attached hydrogen (secondary N) is 7. The molecule has 30 heteroatoms. The number of fused-ring (bicyclic) bond motifs is 5. The number of aliphatic carboxylic acids is 1. The standard InChI is InChI=1S/C57H61FN10O19/c1-3-57(85)30-17-36-46-28(22-67(36)54(81)29(30)24-86-56(57)84)45-32(13-12-27-25(2)31(58)18-34(65-46)44(27)45)62-40(72)21-61-52(80)35(16-26-8-5-4-6-9-26)64-39(71)20-59-38(70)19-60-51(79)33(63-41(73)23-68-42(74)14-15-43(68)75)10-7-11-37(69)66-53-49(78)47(76)48(77)50(87-53)55(82)83/h4-6,8-9,14-15,17-18,32-33,35,47-50,53,76-78,85H,3,7,10-13,16,19-24H2,1-2H3,(H,59,70)(H,60,79)(H,61,80)(H,62,72)(H,63,73)(H,64,71)(H,66,69)(H,82,83)/t32-,33-,35-,47-,48-,49+,50-,53-,57-/m0/s1. The van der Waals surface area contributed by atoms with Crippen LogP contribution >= 0.6 is 0 Å². The second-order valence-electron chi connectivity index (χ2n) is 21.5. The van der Waals surface area contributed by atoms with Crippen molar-refractivity contribution in [2.24, 2.45) is 0 Å². The fourth-order valence-corrected chi connectivity index (χ4v) is 11.2. The average Bonchev–Trinajstić information content (AvgIpc) is 1.64. The van der Waals surface area contributed by atoms with Gasteiger partial charge in [-0.2, -0.15) is 0 Å². The fraction of sp³-hybridized carbons (Fsp3) is 0.421. The Labute approximate surface area is 492 Å². The first kappa shape index (κ1) is 62.2. The summed E-state index contributed by atoms with van der Waals surface area (Å²) < 4.78 is 27.2. The van der Waals surface area contributed by atoms with Gasteiger partial charge in [0, 0.05) is 47.6 Å². The zero-order valence-corrected chi connectivity index (χ0v) is 46.7. The summed E-state index contributed by atoms with van der Waals surface area (Å²) in [6.07, 6.45) is -8.52. The average molecular weight is 1210 g/mol. The predicted octanol–water partition coefficient (Wildman–Crippen LogP) is -3.70. The van der Waals surface area contributed by atoms with E-state index < -0.39 is 163 Å². The second kappa shape index (κ2) is 25.7. The minimum absolute atomic E-state index is 0.0192. The first-order valence-corrected chi connectivity index (χ1v) is 27.7. The van der Waals surface area contributed by atoms with Crippen LogP contribution in [0.2, 0.25) is 0 Å². The lowest BCUT2D eigenvalue weighted by atomic mass is 9.81. The number of hydrogen-bond acceptors (Lipinski definition) is 19. The lowest BCUT2D eigenvalue weighted by Crippen LogP contribution is -2.64. The lowest BCUT2D eigenvalue weighted by molar-refractivity contribution is -0.233. The maximum absolute atomic E-state index is 15.5. The van der Waals surface area contributed by atoms with Crippen LogP contribution in [0, 0.1) is 12.7 Å². The zero-order chi connectivity index (χ0) is 62.8. The summed E-state index contributed by atoms with van der Waals surface area (Å²) in [7, 11) is 0. The van der Waals surface area contributed by atoms with Crippen LogP contribution in [0.1, 0.15) is 84.0 Å². The highest BCUT2D eigenvalue weighted by atomic mass is 19.1. The molecule has 9 amide bonds. The Morgan fingerprint density at radius 1 is 0.793 bits per heavy atom. The molecular weight excluding hydrogens is 1150 g/mol. The lowest BCUT2D eigenvalue weighted by Gasteiger charge is -2.38. The number of aryl methyl sites for hydroxylation is 1. The molecule has 4 aromatic rings. The number of aliphatic hydroxyl groups excluding tert-OH is 3. The molecule has 0 spiro atoms. The van der Waals surface area contributed by atoms with E-state index in [1.54, 1.807) is 44.2 Å². The van der Waals surface area contributed by atoms with E-state index in [-0.39, 0.29) is 73.3 Å². The SMILES string of the molecule is CC[C@@]1(O)C(=O)OCc2c1cc1n(c2=O)Cc2c-1nc1cc(F)c(C)c3c1c2[C@@H](NC(=O)CNC(=O)[C@H](Cc1ccccc1)NC(=O)CNC(=O)CNC(=O)[C@H](CCCC(=O)N[C@H]1O[C@H](C(=O)O)[C@@H](O)[C@H](O)[C@H]1O)NC(=O)CN1C(=O)C=CC1=O)CC3. The van der Waals surface area contributed by atoms with Crippen molar-refractivity contribution in [3.05, 3.63) is 110 Å². The van der Waals surface area contributed by atoms with Gasteiger partial charge < -0.3 is 76.8 Å². The molecule has 12 N–H and O–H groups in total. The van der Waals surface area contributed by atoms with Gasteiger partial charge in [0.05, 0.1) is 54.7 Å². The largest absolute Gasteiger partial charge is 0.479 e. The maximum atomic E-state index is 15.5. The number of aromatic nitrogens is 2. The number of carboxylic acids is 1. The molecule has 0 bridgehead atoms. The molecule has 87 heavy (non-hydrogen) atoms.